The van der Waals surface area contributed by atoms with Crippen molar-refractivity contribution < 1.29 is 9.18 Å². The van der Waals surface area contributed by atoms with E-state index in [1.165, 1.54) is 6.21 Å². The Morgan fingerprint density at radius 3 is 2.72 bits per heavy atom. The van der Waals surface area contributed by atoms with Crippen LogP contribution in [0.15, 0.2) is 35.3 Å². The first kappa shape index (κ1) is 23.3. The molecule has 3 rings (SSSR count). The third-order valence-corrected chi connectivity index (χ3v) is 5.75. The van der Waals surface area contributed by atoms with Gasteiger partial charge in [-0.05, 0) is 50.2 Å². The number of carbonyl (C=O) groups is 1. The molecule has 2 unspecified atom stereocenters. The number of aliphatic imine (C=N–C) groups is 1. The molecule has 1 saturated carbocycles. The third-order valence-electron chi connectivity index (χ3n) is 5.75. The van der Waals surface area contributed by atoms with Gasteiger partial charge in [0.05, 0.1) is 11.3 Å². The van der Waals surface area contributed by atoms with E-state index in [0.29, 0.717) is 12.1 Å². The summed E-state index contributed by atoms with van der Waals surface area (Å²) in [6, 6.07) is 8.65. The van der Waals surface area contributed by atoms with Crippen LogP contribution in [0.1, 0.15) is 42.5 Å². The summed E-state index contributed by atoms with van der Waals surface area (Å²) in [6.45, 7) is 0. The van der Waals surface area contributed by atoms with Crippen molar-refractivity contribution in [2.45, 2.75) is 44.2 Å². The summed E-state index contributed by atoms with van der Waals surface area (Å²) in [4.78, 5) is 22.5. The highest BCUT2D eigenvalue weighted by molar-refractivity contribution is 5.98. The number of halogens is 1. The van der Waals surface area contributed by atoms with Gasteiger partial charge in [0.25, 0.3) is 5.91 Å². The van der Waals surface area contributed by atoms with Crippen LogP contribution in [0.3, 0.4) is 0 Å². The summed E-state index contributed by atoms with van der Waals surface area (Å²) >= 11 is 0. The number of hydrogen-bond donors (Lipinski definition) is 4. The van der Waals surface area contributed by atoms with Gasteiger partial charge >= 0.3 is 0 Å². The van der Waals surface area contributed by atoms with E-state index in [2.05, 4.69) is 20.6 Å². The number of aromatic nitrogens is 1. The molecule has 170 valence electrons. The van der Waals surface area contributed by atoms with E-state index in [1.807, 2.05) is 19.0 Å². The van der Waals surface area contributed by atoms with Crippen LogP contribution in [-0.4, -0.2) is 49.5 Å². The molecule has 2 aromatic rings. The van der Waals surface area contributed by atoms with Crippen molar-refractivity contribution in [3.63, 3.8) is 0 Å². The van der Waals surface area contributed by atoms with E-state index >= 15 is 0 Å². The van der Waals surface area contributed by atoms with Crippen LogP contribution < -0.4 is 21.3 Å². The SMILES string of the molecule is CNC1CCCCC1N(C)c1nc(Nc2ccc(N=CCC=N)cc2)c(C(N)=O)cc1F. The van der Waals surface area contributed by atoms with Crippen LogP contribution in [0.2, 0.25) is 0 Å². The number of hydrogen-bond acceptors (Lipinski definition) is 7. The Bertz CT molecular complexity index is 977. The van der Waals surface area contributed by atoms with Crippen LogP contribution in [-0.2, 0) is 0 Å². The number of amides is 1. The first-order valence-electron chi connectivity index (χ1n) is 10.7. The Hall–Kier alpha value is -3.33. The number of primary amides is 1. The fraction of sp³-hybridized carbons (Fsp3) is 0.391. The van der Waals surface area contributed by atoms with E-state index in [9.17, 15) is 9.18 Å². The number of nitrogens with two attached hydrogens (primary N) is 1. The molecule has 1 aliphatic rings. The third kappa shape index (κ3) is 5.47. The van der Waals surface area contributed by atoms with Gasteiger partial charge in [0.15, 0.2) is 11.6 Å². The zero-order valence-corrected chi connectivity index (χ0v) is 18.4. The highest BCUT2D eigenvalue weighted by Gasteiger charge is 2.30. The number of pyridine rings is 1. The number of nitrogens with one attached hydrogen (secondary N) is 3. The second-order valence-electron chi connectivity index (χ2n) is 7.84. The monoisotopic (exact) mass is 439 g/mol. The topological polar surface area (TPSA) is 119 Å². The molecule has 0 spiro atoms. The summed E-state index contributed by atoms with van der Waals surface area (Å²) in [5.41, 5.74) is 6.88. The second kappa shape index (κ2) is 10.8. The Morgan fingerprint density at radius 2 is 2.06 bits per heavy atom. The maximum Gasteiger partial charge on any atom is 0.252 e. The average Bonchev–Trinajstić information content (AvgIpc) is 2.80. The smallest absolute Gasteiger partial charge is 0.252 e. The molecule has 0 saturated heterocycles. The van der Waals surface area contributed by atoms with E-state index in [-0.39, 0.29) is 29.3 Å². The van der Waals surface area contributed by atoms with Crippen LogP contribution in [0.5, 0.6) is 0 Å². The largest absolute Gasteiger partial charge is 0.365 e. The molecule has 0 bridgehead atoms. The van der Waals surface area contributed by atoms with Crippen molar-refractivity contribution in [2.24, 2.45) is 10.7 Å². The van der Waals surface area contributed by atoms with E-state index in [1.54, 1.807) is 30.5 Å². The highest BCUT2D eigenvalue weighted by atomic mass is 19.1. The molecule has 1 aromatic carbocycles. The second-order valence-corrected chi connectivity index (χ2v) is 7.84. The van der Waals surface area contributed by atoms with Crippen molar-refractivity contribution in [1.82, 2.24) is 10.3 Å². The lowest BCUT2D eigenvalue weighted by atomic mass is 9.89. The number of carbonyl (C=O) groups excluding carboxylic acids is 1. The minimum Gasteiger partial charge on any atom is -0.365 e. The van der Waals surface area contributed by atoms with Crippen LogP contribution in [0.4, 0.5) is 27.4 Å². The lowest BCUT2D eigenvalue weighted by Gasteiger charge is -2.38. The maximum atomic E-state index is 15.0. The van der Waals surface area contributed by atoms with Gasteiger partial charge in [-0.15, -0.1) is 0 Å². The first-order chi connectivity index (χ1) is 15.4. The van der Waals surface area contributed by atoms with Gasteiger partial charge < -0.3 is 26.7 Å². The fourth-order valence-electron chi connectivity index (χ4n) is 4.06. The maximum absolute atomic E-state index is 15.0. The Labute approximate surface area is 187 Å². The number of anilines is 3. The lowest BCUT2D eigenvalue weighted by Crippen LogP contribution is -2.50. The predicted molar refractivity (Wildman–Crippen MR) is 127 cm³/mol. The molecule has 9 heteroatoms. The zero-order chi connectivity index (χ0) is 23.1. The Kier molecular flexibility index (Phi) is 7.88. The molecule has 0 aliphatic heterocycles. The molecule has 5 N–H and O–H groups in total. The molecule has 32 heavy (non-hydrogen) atoms. The van der Waals surface area contributed by atoms with Gasteiger partial charge in [-0.2, -0.15) is 0 Å². The number of likely N-dealkylation sites (N-methyl/N-ethyl adjacent to an activating group) is 2. The number of nitrogens with zero attached hydrogens (tertiary/aromatic N) is 3. The number of rotatable bonds is 9. The molecule has 1 amide bonds. The van der Waals surface area contributed by atoms with Crippen molar-refractivity contribution in [1.29, 1.82) is 5.41 Å². The lowest BCUT2D eigenvalue weighted by molar-refractivity contribution is 0.100. The van der Waals surface area contributed by atoms with Crippen molar-refractivity contribution in [3.05, 3.63) is 41.7 Å². The van der Waals surface area contributed by atoms with Crippen molar-refractivity contribution >= 4 is 41.3 Å². The van der Waals surface area contributed by atoms with Gasteiger partial charge in [-0.3, -0.25) is 9.79 Å². The summed E-state index contributed by atoms with van der Waals surface area (Å²) in [5, 5.41) is 13.4. The van der Waals surface area contributed by atoms with Crippen LogP contribution >= 0.6 is 0 Å². The standard InChI is InChI=1S/C23H30FN7O/c1-27-19-6-3-4-7-20(19)31(2)23-18(24)14-17(21(26)32)22(30-23)29-16-10-8-15(9-11-16)28-13-5-12-25/h8-14,19-20,25,27H,3-7H2,1-2H3,(H2,26,32)(H,29,30). The molecule has 1 aromatic heterocycles. The predicted octanol–water partition coefficient (Wildman–Crippen LogP) is 3.77. The fourth-order valence-corrected chi connectivity index (χ4v) is 4.06. The highest BCUT2D eigenvalue weighted by Crippen LogP contribution is 2.30. The molecular weight excluding hydrogens is 409 g/mol. The summed E-state index contributed by atoms with van der Waals surface area (Å²) in [5.74, 6) is -0.954. The average molecular weight is 440 g/mol. The molecular formula is C23H30FN7O. The van der Waals surface area contributed by atoms with E-state index in [4.69, 9.17) is 11.1 Å². The molecule has 0 radical (unpaired) electrons. The summed E-state index contributed by atoms with van der Waals surface area (Å²) < 4.78 is 15.0. The number of benzene rings is 1. The Morgan fingerprint density at radius 1 is 1.34 bits per heavy atom. The molecule has 2 atom stereocenters. The van der Waals surface area contributed by atoms with Crippen molar-refractivity contribution in [2.75, 3.05) is 24.3 Å². The summed E-state index contributed by atoms with van der Waals surface area (Å²) in [6.07, 6.45) is 7.55. The van der Waals surface area contributed by atoms with Gasteiger partial charge in [0.1, 0.15) is 5.82 Å². The van der Waals surface area contributed by atoms with Gasteiger partial charge in [-0.25, -0.2) is 9.37 Å². The molecule has 1 aliphatic carbocycles. The van der Waals surface area contributed by atoms with E-state index in [0.717, 1.165) is 37.4 Å². The normalized spacial score (nSPS) is 18.5. The summed E-state index contributed by atoms with van der Waals surface area (Å²) in [7, 11) is 3.75. The van der Waals surface area contributed by atoms with Gasteiger partial charge in [0, 0.05) is 43.7 Å². The van der Waals surface area contributed by atoms with Gasteiger partial charge in [0.2, 0.25) is 0 Å². The zero-order valence-electron chi connectivity index (χ0n) is 18.4. The van der Waals surface area contributed by atoms with Crippen molar-refractivity contribution in [3.8, 4) is 0 Å². The molecule has 8 nitrogen and oxygen atoms in total. The molecule has 1 heterocycles. The molecule has 1 fully saturated rings. The Balaban J connectivity index is 1.89. The van der Waals surface area contributed by atoms with Crippen LogP contribution in [0, 0.1) is 11.2 Å². The van der Waals surface area contributed by atoms with E-state index < -0.39 is 11.7 Å². The minimum absolute atomic E-state index is 0.0125. The van der Waals surface area contributed by atoms with Gasteiger partial charge in [-0.1, -0.05) is 12.8 Å². The minimum atomic E-state index is -0.758. The first-order valence-corrected chi connectivity index (χ1v) is 10.7. The quantitative estimate of drug-likeness (QED) is 0.444. The van der Waals surface area contributed by atoms with Crippen LogP contribution in [0.25, 0.3) is 0 Å².